The second-order valence-corrected chi connectivity index (χ2v) is 5.06. The summed E-state index contributed by atoms with van der Waals surface area (Å²) in [6.45, 7) is -0.476. The van der Waals surface area contributed by atoms with Gasteiger partial charge in [-0.05, 0) is 12.2 Å². The van der Waals surface area contributed by atoms with Crippen LogP contribution in [0.3, 0.4) is 0 Å². The van der Waals surface area contributed by atoms with Gasteiger partial charge in [-0.1, -0.05) is 12.2 Å². The first kappa shape index (κ1) is 17.9. The van der Waals surface area contributed by atoms with Gasteiger partial charge in [-0.3, -0.25) is 9.78 Å². The van der Waals surface area contributed by atoms with E-state index >= 15 is 0 Å². The summed E-state index contributed by atoms with van der Waals surface area (Å²) in [6, 6.07) is 0. The number of aliphatic hydroxyl groups excluding tert-OH is 3. The first-order chi connectivity index (χ1) is 11.5. The molecule has 2 aliphatic heterocycles. The summed E-state index contributed by atoms with van der Waals surface area (Å²) in [7, 11) is 0. The van der Waals surface area contributed by atoms with Crippen molar-refractivity contribution in [3.05, 3.63) is 69.3 Å². The summed E-state index contributed by atoms with van der Waals surface area (Å²) in [5.41, 5.74) is -1.39. The monoisotopic (exact) mass is 337 g/mol. The lowest BCUT2D eigenvalue weighted by Gasteiger charge is -2.13. The van der Waals surface area contributed by atoms with Gasteiger partial charge >= 0.3 is 5.69 Å². The highest BCUT2D eigenvalue weighted by Gasteiger charge is 2.44. The Kier molecular flexibility index (Phi) is 6.27. The Bertz CT molecular complexity index is 721. The smallest absolute Gasteiger partial charge is 0.325 e. The van der Waals surface area contributed by atoms with Crippen LogP contribution in [0.1, 0.15) is 11.7 Å². The van der Waals surface area contributed by atoms with E-state index in [0.717, 1.165) is 6.20 Å². The normalized spacial score (nSPS) is 28.0. The van der Waals surface area contributed by atoms with Crippen molar-refractivity contribution in [2.75, 3.05) is 6.61 Å². The van der Waals surface area contributed by atoms with Crippen molar-refractivity contribution in [1.82, 2.24) is 15.3 Å². The fraction of sp³-hybridized carbons (Fsp3) is 0.333. The Balaban J connectivity index is 0.000000249. The third-order valence-electron chi connectivity index (χ3n) is 3.42. The van der Waals surface area contributed by atoms with Crippen molar-refractivity contribution < 1.29 is 20.1 Å². The van der Waals surface area contributed by atoms with E-state index in [9.17, 15) is 19.8 Å². The first-order valence-electron chi connectivity index (χ1n) is 7.23. The predicted octanol–water partition coefficient (Wildman–Crippen LogP) is -1.61. The van der Waals surface area contributed by atoms with E-state index in [0.29, 0.717) is 0 Å². The van der Waals surface area contributed by atoms with Crippen molar-refractivity contribution in [2.24, 2.45) is 0 Å². The molecule has 9 nitrogen and oxygen atoms in total. The number of hydrogen-bond acceptors (Lipinski definition) is 7. The largest absolute Gasteiger partial charge is 0.394 e. The number of H-pyrrole nitrogens is 2. The van der Waals surface area contributed by atoms with Gasteiger partial charge in [-0.2, -0.15) is 0 Å². The highest BCUT2D eigenvalue weighted by molar-refractivity contribution is 5.14. The molecule has 24 heavy (non-hydrogen) atoms. The number of nitrogens with one attached hydrogen (secondary N) is 3. The fourth-order valence-corrected chi connectivity index (χ4v) is 2.19. The molecule has 0 radical (unpaired) electrons. The van der Waals surface area contributed by atoms with Gasteiger partial charge in [0, 0.05) is 18.6 Å². The Morgan fingerprint density at radius 3 is 2.25 bits per heavy atom. The van der Waals surface area contributed by atoms with Gasteiger partial charge in [0.15, 0.2) is 0 Å². The number of allylic oxidation sites excluding steroid dienone is 4. The average Bonchev–Trinajstić information content (AvgIpc) is 2.80. The fourth-order valence-electron chi connectivity index (χ4n) is 2.19. The van der Waals surface area contributed by atoms with Gasteiger partial charge in [-0.25, -0.2) is 4.79 Å². The molecule has 0 aliphatic carbocycles. The van der Waals surface area contributed by atoms with E-state index in [4.69, 9.17) is 9.84 Å². The molecule has 6 N–H and O–H groups in total. The van der Waals surface area contributed by atoms with E-state index in [1.165, 1.54) is 0 Å². The maximum absolute atomic E-state index is 11.5. The number of hydrogen-bond donors (Lipinski definition) is 6. The molecule has 4 atom stereocenters. The van der Waals surface area contributed by atoms with Gasteiger partial charge in [0.2, 0.25) is 0 Å². The molecule has 1 saturated heterocycles. The molecular weight excluding hydrogens is 318 g/mol. The molecule has 130 valence electrons. The summed E-state index contributed by atoms with van der Waals surface area (Å²) in [5, 5.41) is 31.0. The number of aromatic amines is 2. The van der Waals surface area contributed by atoms with Crippen LogP contribution in [0, 0.1) is 0 Å². The van der Waals surface area contributed by atoms with Crippen LogP contribution in [-0.4, -0.2) is 50.2 Å². The van der Waals surface area contributed by atoms with Crippen LogP contribution in [0.25, 0.3) is 0 Å². The van der Waals surface area contributed by atoms with E-state index in [1.54, 1.807) is 0 Å². The number of rotatable bonds is 2. The molecule has 3 heterocycles. The molecule has 0 amide bonds. The Hall–Kier alpha value is -2.46. The van der Waals surface area contributed by atoms with Crippen LogP contribution >= 0.6 is 0 Å². The van der Waals surface area contributed by atoms with E-state index < -0.39 is 42.3 Å². The Labute approximate surface area is 136 Å². The molecule has 3 rings (SSSR count). The molecule has 1 aromatic heterocycles. The van der Waals surface area contributed by atoms with Crippen molar-refractivity contribution >= 4 is 0 Å². The minimum Gasteiger partial charge on any atom is -0.394 e. The summed E-state index contributed by atoms with van der Waals surface area (Å²) in [5.74, 6) is 0. The maximum Gasteiger partial charge on any atom is 0.325 e. The second kappa shape index (κ2) is 8.41. The molecule has 0 saturated carbocycles. The summed E-state index contributed by atoms with van der Waals surface area (Å²) in [4.78, 5) is 26.5. The zero-order chi connectivity index (χ0) is 17.5. The lowest BCUT2D eigenvalue weighted by atomic mass is 10.0. The third kappa shape index (κ3) is 4.30. The Morgan fingerprint density at radius 1 is 1.04 bits per heavy atom. The van der Waals surface area contributed by atoms with Crippen LogP contribution in [0.2, 0.25) is 0 Å². The topological polar surface area (TPSA) is 148 Å². The van der Waals surface area contributed by atoms with Crippen molar-refractivity contribution in [3.63, 3.8) is 0 Å². The quantitative estimate of drug-likeness (QED) is 0.380. The van der Waals surface area contributed by atoms with Gasteiger partial charge < -0.3 is 30.4 Å². The molecule has 0 aromatic carbocycles. The predicted molar refractivity (Wildman–Crippen MR) is 85.0 cm³/mol. The molecule has 9 heteroatoms. The zero-order valence-corrected chi connectivity index (χ0v) is 12.6. The lowest BCUT2D eigenvalue weighted by Crippen LogP contribution is -2.34. The van der Waals surface area contributed by atoms with Crippen LogP contribution in [-0.2, 0) is 4.74 Å². The zero-order valence-electron chi connectivity index (χ0n) is 12.6. The molecule has 0 unspecified atom stereocenters. The molecular formula is C15H19N3O6. The van der Waals surface area contributed by atoms with E-state index in [-0.39, 0.29) is 5.56 Å². The van der Waals surface area contributed by atoms with Gasteiger partial charge in [-0.15, -0.1) is 0 Å². The summed E-state index contributed by atoms with van der Waals surface area (Å²) >= 11 is 0. The van der Waals surface area contributed by atoms with Crippen LogP contribution < -0.4 is 16.6 Å². The third-order valence-corrected chi connectivity index (χ3v) is 3.42. The lowest BCUT2D eigenvalue weighted by molar-refractivity contribution is -0.0232. The maximum atomic E-state index is 11.5. The highest BCUT2D eigenvalue weighted by atomic mass is 16.6. The van der Waals surface area contributed by atoms with E-state index in [1.807, 2.05) is 41.7 Å². The van der Waals surface area contributed by atoms with Crippen molar-refractivity contribution in [1.29, 1.82) is 0 Å². The van der Waals surface area contributed by atoms with E-state index in [2.05, 4.69) is 10.3 Å². The van der Waals surface area contributed by atoms with Crippen LogP contribution in [0.4, 0.5) is 0 Å². The minimum absolute atomic E-state index is 0.00731. The average molecular weight is 337 g/mol. The number of aliphatic hydroxyl groups is 3. The molecule has 1 aromatic rings. The SMILES string of the molecule is C1=CC=CNC=C1.O=c1[nH]cc([C@@H]2O[C@H](CO)[C@@H](O)[C@H]2O)c(=O)[nH]1. The van der Waals surface area contributed by atoms with Crippen LogP contribution in [0.15, 0.2) is 52.5 Å². The van der Waals surface area contributed by atoms with Crippen LogP contribution in [0.5, 0.6) is 0 Å². The molecule has 1 fully saturated rings. The first-order valence-corrected chi connectivity index (χ1v) is 7.23. The van der Waals surface area contributed by atoms with Crippen molar-refractivity contribution in [2.45, 2.75) is 24.4 Å². The highest BCUT2D eigenvalue weighted by Crippen LogP contribution is 2.31. The van der Waals surface area contributed by atoms with Gasteiger partial charge in [0.1, 0.15) is 24.4 Å². The summed E-state index contributed by atoms with van der Waals surface area (Å²) in [6.07, 6.45) is 8.04. The number of aromatic nitrogens is 2. The second-order valence-electron chi connectivity index (χ2n) is 5.06. The van der Waals surface area contributed by atoms with Gasteiger partial charge in [0.05, 0.1) is 12.2 Å². The molecule has 2 aliphatic rings. The molecule has 0 bridgehead atoms. The minimum atomic E-state index is -1.33. The standard InChI is InChI=1S/C9H12N2O6.C6H7N/c12-2-4-5(13)6(14)7(17-4)3-1-10-9(16)11-8(3)15;1-2-4-6-7-5-3-1/h1,4-7,12-14H,2H2,(H2,10,11,15,16);1-7H/t4-,5-,6-,7+;/m1./s1. The molecule has 0 spiro atoms. The van der Waals surface area contributed by atoms with Crippen molar-refractivity contribution in [3.8, 4) is 0 Å². The van der Waals surface area contributed by atoms with Gasteiger partial charge in [0.25, 0.3) is 5.56 Å². The number of ether oxygens (including phenoxy) is 1. The summed E-state index contributed by atoms with van der Waals surface area (Å²) < 4.78 is 5.15. The Morgan fingerprint density at radius 2 is 1.71 bits per heavy atom.